The molecule has 7 heteroatoms. The fourth-order valence-corrected chi connectivity index (χ4v) is 5.96. The minimum absolute atomic E-state index is 0.0723. The third-order valence-corrected chi connectivity index (χ3v) is 8.03. The summed E-state index contributed by atoms with van der Waals surface area (Å²) in [5.41, 5.74) is 1.49. The Kier molecular flexibility index (Phi) is 6.99. The first-order valence-electron chi connectivity index (χ1n) is 12.1. The van der Waals surface area contributed by atoms with E-state index in [-0.39, 0.29) is 6.03 Å². The number of carbonyl (C=O) groups is 1. The second-order valence-electron chi connectivity index (χ2n) is 9.31. The zero-order valence-corrected chi connectivity index (χ0v) is 20.4. The quantitative estimate of drug-likeness (QED) is 0.641. The Hall–Kier alpha value is -1.89. The standard InChI is InChI=1S/C24H37N5OS/c1-5-7-10-25-24(30)29-13-11-28(12-14-29)22-20-18-9-8-16(3)15-19(18)31-23(20)27-21(26-22)17(4)6-2/h16-17H,5-15H2,1-4H3,(H,25,30). The maximum atomic E-state index is 12.5. The van der Waals surface area contributed by atoms with E-state index in [0.717, 1.165) is 76.0 Å². The maximum Gasteiger partial charge on any atom is 0.317 e. The number of nitrogens with one attached hydrogen (secondary N) is 1. The number of aromatic nitrogens is 2. The van der Waals surface area contributed by atoms with E-state index in [1.165, 1.54) is 33.5 Å². The lowest BCUT2D eigenvalue weighted by Crippen LogP contribution is -2.52. The van der Waals surface area contributed by atoms with Gasteiger partial charge in [0.05, 0.1) is 5.39 Å². The van der Waals surface area contributed by atoms with Gasteiger partial charge in [-0.1, -0.05) is 34.1 Å². The molecule has 2 aromatic heterocycles. The summed E-state index contributed by atoms with van der Waals surface area (Å²) in [6.45, 7) is 12.8. The third-order valence-electron chi connectivity index (χ3n) is 6.88. The number of anilines is 1. The van der Waals surface area contributed by atoms with Crippen molar-refractivity contribution in [1.29, 1.82) is 0 Å². The fraction of sp³-hybridized carbons (Fsp3) is 0.708. The molecule has 170 valence electrons. The van der Waals surface area contributed by atoms with Crippen LogP contribution < -0.4 is 10.2 Å². The molecule has 2 atom stereocenters. The summed E-state index contributed by atoms with van der Waals surface area (Å²) in [6.07, 6.45) is 6.72. The van der Waals surface area contributed by atoms with E-state index in [1.807, 2.05) is 16.2 Å². The molecule has 1 N–H and O–H groups in total. The van der Waals surface area contributed by atoms with Crippen LogP contribution in [0.3, 0.4) is 0 Å². The van der Waals surface area contributed by atoms with Gasteiger partial charge in [0.25, 0.3) is 0 Å². The Balaban J connectivity index is 1.60. The SMILES string of the molecule is CCCCNC(=O)N1CCN(c2nc(C(C)CC)nc3sc4c(c23)CCC(C)C4)CC1. The number of nitrogens with zero attached hydrogens (tertiary/aromatic N) is 4. The van der Waals surface area contributed by atoms with Gasteiger partial charge in [0, 0.05) is 43.5 Å². The number of aryl methyl sites for hydroxylation is 1. The van der Waals surface area contributed by atoms with Gasteiger partial charge in [0.1, 0.15) is 16.5 Å². The normalized spacial score (nSPS) is 20.1. The monoisotopic (exact) mass is 443 g/mol. The smallest absolute Gasteiger partial charge is 0.317 e. The molecule has 0 spiro atoms. The number of urea groups is 1. The van der Waals surface area contributed by atoms with Crippen LogP contribution in [0.2, 0.25) is 0 Å². The van der Waals surface area contributed by atoms with Crippen molar-refractivity contribution in [1.82, 2.24) is 20.2 Å². The van der Waals surface area contributed by atoms with Crippen LogP contribution in [-0.2, 0) is 12.8 Å². The van der Waals surface area contributed by atoms with Crippen molar-refractivity contribution in [2.75, 3.05) is 37.6 Å². The van der Waals surface area contributed by atoms with Gasteiger partial charge in [-0.15, -0.1) is 11.3 Å². The van der Waals surface area contributed by atoms with Crippen molar-refractivity contribution < 1.29 is 4.79 Å². The Morgan fingerprint density at radius 2 is 2.00 bits per heavy atom. The second-order valence-corrected chi connectivity index (χ2v) is 10.4. The molecule has 2 amide bonds. The molecule has 0 bridgehead atoms. The first kappa shape index (κ1) is 22.3. The first-order valence-corrected chi connectivity index (χ1v) is 12.9. The van der Waals surface area contributed by atoms with E-state index in [0.29, 0.717) is 5.92 Å². The van der Waals surface area contributed by atoms with Gasteiger partial charge in [-0.05, 0) is 43.6 Å². The predicted molar refractivity (Wildman–Crippen MR) is 129 cm³/mol. The summed E-state index contributed by atoms with van der Waals surface area (Å²) in [5.74, 6) is 3.18. The Morgan fingerprint density at radius 1 is 1.23 bits per heavy atom. The van der Waals surface area contributed by atoms with Crippen LogP contribution in [0.25, 0.3) is 10.2 Å². The topological polar surface area (TPSA) is 61.4 Å². The number of amides is 2. The fourth-order valence-electron chi connectivity index (χ4n) is 4.58. The average molecular weight is 444 g/mol. The average Bonchev–Trinajstić information content (AvgIpc) is 3.15. The van der Waals surface area contributed by atoms with Crippen LogP contribution >= 0.6 is 11.3 Å². The molecule has 4 rings (SSSR count). The molecule has 1 aliphatic carbocycles. The van der Waals surface area contributed by atoms with E-state index in [4.69, 9.17) is 9.97 Å². The molecular formula is C24H37N5OS. The van der Waals surface area contributed by atoms with Gasteiger partial charge < -0.3 is 15.1 Å². The molecular weight excluding hydrogens is 406 g/mol. The lowest BCUT2D eigenvalue weighted by molar-refractivity contribution is 0.194. The molecule has 2 aliphatic rings. The predicted octanol–water partition coefficient (Wildman–Crippen LogP) is 4.96. The highest BCUT2D eigenvalue weighted by atomic mass is 32.1. The number of piperazine rings is 1. The Labute approximate surface area is 190 Å². The molecule has 2 aromatic rings. The first-order chi connectivity index (χ1) is 15.0. The molecule has 1 aliphatic heterocycles. The molecule has 6 nitrogen and oxygen atoms in total. The van der Waals surface area contributed by atoms with Gasteiger partial charge in [-0.3, -0.25) is 0 Å². The van der Waals surface area contributed by atoms with E-state index in [9.17, 15) is 4.79 Å². The van der Waals surface area contributed by atoms with Crippen LogP contribution in [0.1, 0.15) is 75.6 Å². The van der Waals surface area contributed by atoms with E-state index >= 15 is 0 Å². The number of fused-ring (bicyclic) bond motifs is 3. The highest BCUT2D eigenvalue weighted by Crippen LogP contribution is 2.41. The zero-order valence-electron chi connectivity index (χ0n) is 19.5. The summed E-state index contributed by atoms with van der Waals surface area (Å²) < 4.78 is 0. The molecule has 31 heavy (non-hydrogen) atoms. The van der Waals surface area contributed by atoms with Crippen LogP contribution in [0.4, 0.5) is 10.6 Å². The lowest BCUT2D eigenvalue weighted by Gasteiger charge is -2.36. The van der Waals surface area contributed by atoms with Gasteiger partial charge >= 0.3 is 6.03 Å². The number of carbonyl (C=O) groups excluding carboxylic acids is 1. The van der Waals surface area contributed by atoms with Crippen LogP contribution in [-0.4, -0.2) is 53.6 Å². The zero-order chi connectivity index (χ0) is 22.0. The van der Waals surface area contributed by atoms with Crippen molar-refractivity contribution in [2.45, 2.75) is 72.1 Å². The number of unbranched alkanes of at least 4 members (excludes halogenated alkanes) is 1. The number of rotatable bonds is 6. The van der Waals surface area contributed by atoms with Gasteiger partial charge in [0.2, 0.25) is 0 Å². The second kappa shape index (κ2) is 9.72. The summed E-state index contributed by atoms with van der Waals surface area (Å²) >= 11 is 1.89. The summed E-state index contributed by atoms with van der Waals surface area (Å²) in [5, 5.41) is 4.35. The van der Waals surface area contributed by atoms with Crippen molar-refractivity contribution in [3.8, 4) is 0 Å². The molecule has 1 fully saturated rings. The van der Waals surface area contributed by atoms with Crippen molar-refractivity contribution in [3.63, 3.8) is 0 Å². The molecule has 0 aromatic carbocycles. The van der Waals surface area contributed by atoms with Gasteiger partial charge in [0.15, 0.2) is 0 Å². The van der Waals surface area contributed by atoms with E-state index in [2.05, 4.69) is 37.9 Å². The lowest BCUT2D eigenvalue weighted by atomic mass is 9.89. The van der Waals surface area contributed by atoms with Gasteiger partial charge in [-0.2, -0.15) is 0 Å². The summed E-state index contributed by atoms with van der Waals surface area (Å²) in [4.78, 5) is 29.6. The van der Waals surface area contributed by atoms with Crippen molar-refractivity contribution in [3.05, 3.63) is 16.3 Å². The highest BCUT2D eigenvalue weighted by Gasteiger charge is 2.29. The third kappa shape index (κ3) is 4.66. The number of hydrogen-bond acceptors (Lipinski definition) is 5. The minimum atomic E-state index is 0.0723. The van der Waals surface area contributed by atoms with Crippen LogP contribution in [0.5, 0.6) is 0 Å². The number of thiophene rings is 1. The molecule has 0 radical (unpaired) electrons. The molecule has 3 heterocycles. The van der Waals surface area contributed by atoms with E-state index < -0.39 is 0 Å². The maximum absolute atomic E-state index is 12.5. The Bertz CT molecular complexity index is 918. The van der Waals surface area contributed by atoms with E-state index in [1.54, 1.807) is 0 Å². The number of hydrogen-bond donors (Lipinski definition) is 1. The largest absolute Gasteiger partial charge is 0.352 e. The molecule has 2 unspecified atom stereocenters. The van der Waals surface area contributed by atoms with Crippen molar-refractivity contribution in [2.24, 2.45) is 5.92 Å². The van der Waals surface area contributed by atoms with Gasteiger partial charge in [-0.25, -0.2) is 14.8 Å². The molecule has 0 saturated carbocycles. The van der Waals surface area contributed by atoms with Crippen molar-refractivity contribution >= 4 is 33.4 Å². The highest BCUT2D eigenvalue weighted by molar-refractivity contribution is 7.19. The Morgan fingerprint density at radius 3 is 2.71 bits per heavy atom. The molecule has 1 saturated heterocycles. The van der Waals surface area contributed by atoms with Crippen LogP contribution in [0, 0.1) is 5.92 Å². The van der Waals surface area contributed by atoms with Crippen LogP contribution in [0.15, 0.2) is 0 Å². The summed E-state index contributed by atoms with van der Waals surface area (Å²) in [6, 6.07) is 0.0723. The summed E-state index contributed by atoms with van der Waals surface area (Å²) in [7, 11) is 0. The minimum Gasteiger partial charge on any atom is -0.352 e.